The fourth-order valence-electron chi connectivity index (χ4n) is 5.17. The summed E-state index contributed by atoms with van der Waals surface area (Å²) in [5.74, 6) is 4.90. The largest absolute Gasteiger partial charge is 0.378 e. The highest BCUT2D eigenvalue weighted by Crippen LogP contribution is 2.30. The summed E-state index contributed by atoms with van der Waals surface area (Å²) < 4.78 is 32.7. The summed E-state index contributed by atoms with van der Waals surface area (Å²) >= 11 is 3.87. The SMILES string of the molecule is CC(CSCCN)CSCCOCC1OC(C)C(OCc2ccccc2)C(OCc2ccccc2)C1OCc1ccccc1. The molecular formula is C36H49NO5S2. The highest BCUT2D eigenvalue weighted by Gasteiger charge is 2.46. The van der Waals surface area contributed by atoms with Crippen LogP contribution >= 0.6 is 23.5 Å². The second-order valence-corrected chi connectivity index (χ2v) is 13.6. The van der Waals surface area contributed by atoms with Gasteiger partial charge in [-0.05, 0) is 41.0 Å². The van der Waals surface area contributed by atoms with Gasteiger partial charge in [0.15, 0.2) is 0 Å². The molecule has 8 heteroatoms. The van der Waals surface area contributed by atoms with Gasteiger partial charge in [0.1, 0.15) is 24.4 Å². The van der Waals surface area contributed by atoms with E-state index in [1.165, 1.54) is 0 Å². The van der Waals surface area contributed by atoms with E-state index in [9.17, 15) is 0 Å². The van der Waals surface area contributed by atoms with Gasteiger partial charge >= 0.3 is 0 Å². The molecule has 6 nitrogen and oxygen atoms in total. The number of benzene rings is 3. The average Bonchev–Trinajstić information content (AvgIpc) is 3.06. The number of ether oxygens (including phenoxy) is 5. The van der Waals surface area contributed by atoms with E-state index in [0.717, 1.165) is 46.2 Å². The summed E-state index contributed by atoms with van der Waals surface area (Å²) in [5.41, 5.74) is 8.94. The fraction of sp³-hybridized carbons (Fsp3) is 0.500. The Balaban J connectivity index is 1.42. The molecule has 4 rings (SSSR count). The predicted octanol–water partition coefficient (Wildman–Crippen LogP) is 6.61. The van der Waals surface area contributed by atoms with Crippen LogP contribution in [0.2, 0.25) is 0 Å². The van der Waals surface area contributed by atoms with Crippen LogP contribution in [0.25, 0.3) is 0 Å². The number of rotatable bonds is 20. The normalized spacial score (nSPS) is 22.6. The summed E-state index contributed by atoms with van der Waals surface area (Å²) in [6, 6.07) is 30.7. The van der Waals surface area contributed by atoms with Gasteiger partial charge < -0.3 is 29.4 Å². The van der Waals surface area contributed by atoms with Crippen molar-refractivity contribution in [3.63, 3.8) is 0 Å². The third-order valence-corrected chi connectivity index (χ3v) is 10.0. The van der Waals surface area contributed by atoms with Gasteiger partial charge in [0.2, 0.25) is 0 Å². The average molecular weight is 640 g/mol. The maximum absolute atomic E-state index is 6.68. The number of hydrogen-bond donors (Lipinski definition) is 1. The van der Waals surface area contributed by atoms with Crippen LogP contribution in [0, 0.1) is 5.92 Å². The minimum absolute atomic E-state index is 0.203. The van der Waals surface area contributed by atoms with Crippen LogP contribution < -0.4 is 5.73 Å². The zero-order chi connectivity index (χ0) is 30.8. The van der Waals surface area contributed by atoms with Crippen LogP contribution in [0.15, 0.2) is 91.0 Å². The molecule has 1 aliphatic rings. The van der Waals surface area contributed by atoms with Gasteiger partial charge in [-0.3, -0.25) is 0 Å². The Hall–Kier alpha value is -1.88. The molecule has 1 heterocycles. The highest BCUT2D eigenvalue weighted by molar-refractivity contribution is 8.00. The molecule has 0 bridgehead atoms. The topological polar surface area (TPSA) is 72.2 Å². The number of thioether (sulfide) groups is 2. The minimum atomic E-state index is -0.372. The molecule has 0 radical (unpaired) electrons. The van der Waals surface area contributed by atoms with Gasteiger partial charge in [0.25, 0.3) is 0 Å². The van der Waals surface area contributed by atoms with Crippen molar-refractivity contribution in [2.75, 3.05) is 42.8 Å². The molecule has 0 aliphatic carbocycles. The Morgan fingerprint density at radius 3 is 1.68 bits per heavy atom. The van der Waals surface area contributed by atoms with Crippen LogP contribution in [0.1, 0.15) is 30.5 Å². The first kappa shape index (κ1) is 35.0. The lowest BCUT2D eigenvalue weighted by Crippen LogP contribution is -2.60. The van der Waals surface area contributed by atoms with Gasteiger partial charge in [0.05, 0.1) is 39.1 Å². The van der Waals surface area contributed by atoms with Crippen molar-refractivity contribution < 1.29 is 23.7 Å². The van der Waals surface area contributed by atoms with Crippen LogP contribution in [0.3, 0.4) is 0 Å². The molecule has 3 aromatic rings. The molecule has 6 atom stereocenters. The molecule has 44 heavy (non-hydrogen) atoms. The Kier molecular flexibility index (Phi) is 16.1. The molecule has 0 aromatic heterocycles. The van der Waals surface area contributed by atoms with E-state index in [-0.39, 0.29) is 30.5 Å². The first-order chi connectivity index (χ1) is 21.6. The standard InChI is InChI=1S/C36H49NO5S2/c1-28(26-43-20-18-37)27-44-21-19-38-25-33-35(40-23-31-14-8-4-9-15-31)36(41-24-32-16-10-5-11-17-32)34(29(2)42-33)39-22-30-12-6-3-7-13-30/h3-17,28-29,33-36H,18-27,37H2,1-2H3. The number of hydrogen-bond acceptors (Lipinski definition) is 8. The first-order valence-corrected chi connectivity index (χ1v) is 18.0. The Morgan fingerprint density at radius 2 is 1.16 bits per heavy atom. The smallest absolute Gasteiger partial charge is 0.115 e. The van der Waals surface area contributed by atoms with Crippen LogP contribution in [0.4, 0.5) is 0 Å². The van der Waals surface area contributed by atoms with Crippen LogP contribution in [-0.2, 0) is 43.5 Å². The Morgan fingerprint density at radius 1 is 0.682 bits per heavy atom. The van der Waals surface area contributed by atoms with E-state index >= 15 is 0 Å². The summed E-state index contributed by atoms with van der Waals surface area (Å²) in [7, 11) is 0. The van der Waals surface area contributed by atoms with Gasteiger partial charge in [-0.15, -0.1) is 0 Å². The van der Waals surface area contributed by atoms with Gasteiger partial charge in [0, 0.05) is 18.1 Å². The Labute approximate surface area is 272 Å². The highest BCUT2D eigenvalue weighted by atomic mass is 32.2. The van der Waals surface area contributed by atoms with Gasteiger partial charge in [-0.1, -0.05) is 97.9 Å². The van der Waals surface area contributed by atoms with E-state index in [1.54, 1.807) is 0 Å². The summed E-state index contributed by atoms with van der Waals surface area (Å²) in [6.45, 7) is 7.59. The molecule has 6 unspecified atom stereocenters. The molecule has 0 spiro atoms. The van der Waals surface area contributed by atoms with Gasteiger partial charge in [-0.2, -0.15) is 23.5 Å². The van der Waals surface area contributed by atoms with Crippen LogP contribution in [-0.4, -0.2) is 73.3 Å². The van der Waals surface area contributed by atoms with Crippen molar-refractivity contribution in [3.05, 3.63) is 108 Å². The van der Waals surface area contributed by atoms with E-state index < -0.39 is 0 Å². The maximum atomic E-state index is 6.68. The lowest BCUT2D eigenvalue weighted by atomic mass is 9.94. The maximum Gasteiger partial charge on any atom is 0.115 e. The Bertz CT molecular complexity index is 1140. The quantitative estimate of drug-likeness (QED) is 0.139. The molecule has 0 saturated carbocycles. The third-order valence-electron chi connectivity index (χ3n) is 7.44. The summed E-state index contributed by atoms with van der Waals surface area (Å²) in [6.07, 6.45) is -1.52. The molecule has 1 saturated heterocycles. The zero-order valence-corrected chi connectivity index (χ0v) is 27.8. The van der Waals surface area contributed by atoms with Crippen molar-refractivity contribution in [2.45, 2.75) is 64.2 Å². The van der Waals surface area contributed by atoms with Crippen molar-refractivity contribution in [3.8, 4) is 0 Å². The minimum Gasteiger partial charge on any atom is -0.378 e. The van der Waals surface area contributed by atoms with Crippen molar-refractivity contribution in [1.82, 2.24) is 0 Å². The van der Waals surface area contributed by atoms with Gasteiger partial charge in [-0.25, -0.2) is 0 Å². The lowest BCUT2D eigenvalue weighted by Gasteiger charge is -2.45. The molecular weight excluding hydrogens is 591 g/mol. The molecule has 0 amide bonds. The molecule has 1 aliphatic heterocycles. The van der Waals surface area contributed by atoms with Crippen molar-refractivity contribution in [2.24, 2.45) is 11.7 Å². The van der Waals surface area contributed by atoms with E-state index in [0.29, 0.717) is 39.0 Å². The molecule has 240 valence electrons. The molecule has 1 fully saturated rings. The van der Waals surface area contributed by atoms with E-state index in [1.807, 2.05) is 78.1 Å². The predicted molar refractivity (Wildman–Crippen MR) is 183 cm³/mol. The third kappa shape index (κ3) is 12.1. The fourth-order valence-corrected chi connectivity index (χ4v) is 7.10. The second kappa shape index (κ2) is 20.3. The summed E-state index contributed by atoms with van der Waals surface area (Å²) in [4.78, 5) is 0. The number of nitrogens with two attached hydrogens (primary N) is 1. The lowest BCUT2D eigenvalue weighted by molar-refractivity contribution is -0.268. The van der Waals surface area contributed by atoms with Crippen molar-refractivity contribution in [1.29, 1.82) is 0 Å². The van der Waals surface area contributed by atoms with E-state index in [4.69, 9.17) is 29.4 Å². The summed E-state index contributed by atoms with van der Waals surface area (Å²) in [5, 5.41) is 0. The van der Waals surface area contributed by atoms with E-state index in [2.05, 4.69) is 50.2 Å². The zero-order valence-electron chi connectivity index (χ0n) is 26.1. The first-order valence-electron chi connectivity index (χ1n) is 15.7. The molecule has 2 N–H and O–H groups in total. The van der Waals surface area contributed by atoms with Crippen molar-refractivity contribution >= 4 is 23.5 Å². The van der Waals surface area contributed by atoms with Crippen LogP contribution in [0.5, 0.6) is 0 Å². The molecule has 3 aromatic carbocycles. The second-order valence-electron chi connectivity index (χ2n) is 11.3. The monoisotopic (exact) mass is 639 g/mol.